The van der Waals surface area contributed by atoms with Gasteiger partial charge in [0.05, 0.1) is 12.3 Å². The molecule has 2 aliphatic heterocycles. The topological polar surface area (TPSA) is 63.9 Å². The number of ether oxygens (including phenoxy) is 2. The molecule has 0 amide bonds. The standard InChI is InChI=1S/C18H31N5O2.HI/c1-19-18(20-7-3-9-25-17-5-10-24-11-6-17)23-8-4-15(14-23)16-12-21-22(2)13-16;/h12-13,15,17H,3-11,14H2,1-2H3,(H,19,20);1H. The van der Waals surface area contributed by atoms with Gasteiger partial charge >= 0.3 is 0 Å². The van der Waals surface area contributed by atoms with E-state index >= 15 is 0 Å². The van der Waals surface area contributed by atoms with Gasteiger partial charge in [-0.15, -0.1) is 24.0 Å². The van der Waals surface area contributed by atoms with Gasteiger partial charge in [-0.3, -0.25) is 9.67 Å². The maximum Gasteiger partial charge on any atom is 0.193 e. The molecule has 0 aromatic carbocycles. The molecular weight excluding hydrogens is 445 g/mol. The molecule has 0 radical (unpaired) electrons. The molecule has 3 heterocycles. The fourth-order valence-electron chi connectivity index (χ4n) is 3.57. The smallest absolute Gasteiger partial charge is 0.193 e. The molecule has 2 fully saturated rings. The van der Waals surface area contributed by atoms with Gasteiger partial charge in [-0.2, -0.15) is 5.10 Å². The highest BCUT2D eigenvalue weighted by Crippen LogP contribution is 2.26. The van der Waals surface area contributed by atoms with Crippen LogP contribution in [0.2, 0.25) is 0 Å². The molecule has 3 rings (SSSR count). The first-order chi connectivity index (χ1) is 12.3. The van der Waals surface area contributed by atoms with Gasteiger partial charge in [0.1, 0.15) is 0 Å². The number of rotatable bonds is 6. The van der Waals surface area contributed by atoms with Crippen molar-refractivity contribution in [2.24, 2.45) is 12.0 Å². The molecule has 0 bridgehead atoms. The molecule has 8 heteroatoms. The normalized spacial score (nSPS) is 21.7. The number of nitrogens with one attached hydrogen (secondary N) is 1. The SMILES string of the molecule is CN=C(NCCCOC1CCOCC1)N1CCC(c2cnn(C)c2)C1.I. The zero-order valence-corrected chi connectivity index (χ0v) is 18.2. The van der Waals surface area contributed by atoms with E-state index in [1.54, 1.807) is 0 Å². The Kier molecular flexibility index (Phi) is 9.13. The Morgan fingerprint density at radius 2 is 2.19 bits per heavy atom. The number of nitrogens with zero attached hydrogens (tertiary/aromatic N) is 4. The van der Waals surface area contributed by atoms with Gasteiger partial charge in [-0.1, -0.05) is 0 Å². The molecule has 1 aromatic rings. The average molecular weight is 477 g/mol. The fourth-order valence-corrected chi connectivity index (χ4v) is 3.57. The number of guanidine groups is 1. The van der Waals surface area contributed by atoms with Gasteiger partial charge in [0.25, 0.3) is 0 Å². The number of likely N-dealkylation sites (tertiary alicyclic amines) is 1. The van der Waals surface area contributed by atoms with E-state index in [0.29, 0.717) is 12.0 Å². The molecule has 2 saturated heterocycles. The van der Waals surface area contributed by atoms with Gasteiger partial charge in [0.15, 0.2) is 5.96 Å². The van der Waals surface area contributed by atoms with E-state index in [-0.39, 0.29) is 24.0 Å². The van der Waals surface area contributed by atoms with Crippen LogP contribution in [0.25, 0.3) is 0 Å². The third kappa shape index (κ3) is 6.09. The Morgan fingerprint density at radius 1 is 1.38 bits per heavy atom. The first kappa shape index (κ1) is 21.4. The molecular formula is C18H32IN5O2. The summed E-state index contributed by atoms with van der Waals surface area (Å²) in [5.74, 6) is 1.54. The van der Waals surface area contributed by atoms with Crippen LogP contribution in [0, 0.1) is 0 Å². The van der Waals surface area contributed by atoms with Crippen LogP contribution in [0.1, 0.15) is 37.2 Å². The average Bonchev–Trinajstić information content (AvgIpc) is 3.28. The second kappa shape index (κ2) is 11.1. The second-order valence-electron chi connectivity index (χ2n) is 6.89. The number of hydrogen-bond donors (Lipinski definition) is 1. The summed E-state index contributed by atoms with van der Waals surface area (Å²) in [5.41, 5.74) is 1.32. The maximum atomic E-state index is 5.92. The molecule has 1 atom stereocenters. The van der Waals surface area contributed by atoms with Crippen molar-refractivity contribution in [2.45, 2.75) is 37.7 Å². The summed E-state index contributed by atoms with van der Waals surface area (Å²) in [6, 6.07) is 0. The fraction of sp³-hybridized carbons (Fsp3) is 0.778. The highest BCUT2D eigenvalue weighted by molar-refractivity contribution is 14.0. The van der Waals surface area contributed by atoms with Crippen LogP contribution in [-0.2, 0) is 16.5 Å². The number of aromatic nitrogens is 2. The first-order valence-electron chi connectivity index (χ1n) is 9.39. The molecule has 0 aliphatic carbocycles. The number of aliphatic imine (C=N–C) groups is 1. The van der Waals surface area contributed by atoms with Gasteiger partial charge in [-0.05, 0) is 31.2 Å². The lowest BCUT2D eigenvalue weighted by atomic mass is 10.0. The van der Waals surface area contributed by atoms with E-state index < -0.39 is 0 Å². The van der Waals surface area contributed by atoms with E-state index in [0.717, 1.165) is 71.1 Å². The molecule has 1 aromatic heterocycles. The number of halogens is 1. The molecule has 7 nitrogen and oxygen atoms in total. The quantitative estimate of drug-likeness (QED) is 0.294. The predicted molar refractivity (Wildman–Crippen MR) is 113 cm³/mol. The first-order valence-corrected chi connectivity index (χ1v) is 9.39. The van der Waals surface area contributed by atoms with Gasteiger partial charge in [0.2, 0.25) is 0 Å². The third-order valence-electron chi connectivity index (χ3n) is 5.02. The maximum absolute atomic E-state index is 5.92. The molecule has 148 valence electrons. The van der Waals surface area contributed by atoms with E-state index in [1.807, 2.05) is 25.0 Å². The third-order valence-corrected chi connectivity index (χ3v) is 5.02. The van der Waals surface area contributed by atoms with Crippen molar-refractivity contribution < 1.29 is 9.47 Å². The van der Waals surface area contributed by atoms with Crippen molar-refractivity contribution in [3.05, 3.63) is 18.0 Å². The minimum Gasteiger partial charge on any atom is -0.381 e. The van der Waals surface area contributed by atoms with Crippen molar-refractivity contribution in [3.63, 3.8) is 0 Å². The molecule has 1 N–H and O–H groups in total. The molecule has 1 unspecified atom stereocenters. The summed E-state index contributed by atoms with van der Waals surface area (Å²) < 4.78 is 13.2. The van der Waals surface area contributed by atoms with Crippen molar-refractivity contribution in [1.82, 2.24) is 20.0 Å². The highest BCUT2D eigenvalue weighted by atomic mass is 127. The monoisotopic (exact) mass is 477 g/mol. The van der Waals surface area contributed by atoms with Crippen LogP contribution < -0.4 is 5.32 Å². The molecule has 26 heavy (non-hydrogen) atoms. The number of aryl methyl sites for hydroxylation is 1. The largest absolute Gasteiger partial charge is 0.381 e. The summed E-state index contributed by atoms with van der Waals surface area (Å²) in [6.07, 6.45) is 8.69. The van der Waals surface area contributed by atoms with Crippen molar-refractivity contribution in [1.29, 1.82) is 0 Å². The lowest BCUT2D eigenvalue weighted by Gasteiger charge is -2.23. The van der Waals surface area contributed by atoms with Crippen LogP contribution in [0.5, 0.6) is 0 Å². The van der Waals surface area contributed by atoms with Crippen LogP contribution in [0.4, 0.5) is 0 Å². The Labute approximate surface area is 173 Å². The van der Waals surface area contributed by atoms with Crippen molar-refractivity contribution >= 4 is 29.9 Å². The van der Waals surface area contributed by atoms with E-state index in [4.69, 9.17) is 9.47 Å². The van der Waals surface area contributed by atoms with Crippen molar-refractivity contribution in [3.8, 4) is 0 Å². The zero-order valence-electron chi connectivity index (χ0n) is 15.9. The Morgan fingerprint density at radius 3 is 2.88 bits per heavy atom. The van der Waals surface area contributed by atoms with E-state index in [2.05, 4.69) is 26.5 Å². The minimum atomic E-state index is 0. The molecule has 2 aliphatic rings. The minimum absolute atomic E-state index is 0. The summed E-state index contributed by atoms with van der Waals surface area (Å²) in [6.45, 7) is 5.41. The Bertz CT molecular complexity index is 560. The van der Waals surface area contributed by atoms with Crippen molar-refractivity contribution in [2.75, 3.05) is 46.5 Å². The number of hydrogen-bond acceptors (Lipinski definition) is 4. The van der Waals surface area contributed by atoms with E-state index in [1.165, 1.54) is 5.56 Å². The second-order valence-corrected chi connectivity index (χ2v) is 6.89. The lowest BCUT2D eigenvalue weighted by Crippen LogP contribution is -2.40. The van der Waals surface area contributed by atoms with E-state index in [9.17, 15) is 0 Å². The van der Waals surface area contributed by atoms with Crippen LogP contribution in [0.3, 0.4) is 0 Å². The lowest BCUT2D eigenvalue weighted by molar-refractivity contribution is -0.0320. The van der Waals surface area contributed by atoms with Crippen LogP contribution in [0.15, 0.2) is 17.4 Å². The molecule has 0 spiro atoms. The van der Waals surface area contributed by atoms with Gasteiger partial charge < -0.3 is 19.7 Å². The summed E-state index contributed by atoms with van der Waals surface area (Å²) in [5, 5.41) is 7.77. The highest BCUT2D eigenvalue weighted by Gasteiger charge is 2.26. The van der Waals surface area contributed by atoms with Crippen LogP contribution in [-0.4, -0.2) is 73.2 Å². The molecule has 0 saturated carbocycles. The Balaban J connectivity index is 0.00000243. The summed E-state index contributed by atoms with van der Waals surface area (Å²) >= 11 is 0. The predicted octanol–water partition coefficient (Wildman–Crippen LogP) is 1.99. The summed E-state index contributed by atoms with van der Waals surface area (Å²) in [4.78, 5) is 6.79. The summed E-state index contributed by atoms with van der Waals surface area (Å²) in [7, 11) is 3.83. The van der Waals surface area contributed by atoms with Gasteiger partial charge in [0, 0.05) is 65.7 Å². The zero-order chi connectivity index (χ0) is 17.5. The Hall–Kier alpha value is -0.870. The van der Waals surface area contributed by atoms with Gasteiger partial charge in [-0.25, -0.2) is 0 Å². The van der Waals surface area contributed by atoms with Crippen LogP contribution >= 0.6 is 24.0 Å².